The third-order valence-electron chi connectivity index (χ3n) is 2.77. The summed E-state index contributed by atoms with van der Waals surface area (Å²) in [5.41, 5.74) is 1.39. The average Bonchev–Trinajstić information content (AvgIpc) is 2.44. The summed E-state index contributed by atoms with van der Waals surface area (Å²) in [5, 5.41) is 4.40. The van der Waals surface area contributed by atoms with Gasteiger partial charge in [-0.3, -0.25) is 0 Å². The molecule has 2 atom stereocenters. The van der Waals surface area contributed by atoms with E-state index in [1.165, 1.54) is 22.2 Å². The maximum atomic E-state index is 3.62. The molecule has 0 bridgehead atoms. The Hall–Kier alpha value is 0.01000. The highest BCUT2D eigenvalue weighted by Gasteiger charge is 2.18. The number of nitrogens with one attached hydrogen (secondary N) is 1. The predicted octanol–water partition coefficient (Wildman–Crippen LogP) is 3.61. The van der Waals surface area contributed by atoms with Gasteiger partial charge in [-0.05, 0) is 24.6 Å². The van der Waals surface area contributed by atoms with Gasteiger partial charge in [0.15, 0.2) is 0 Å². The second-order valence-electron chi connectivity index (χ2n) is 3.96. The summed E-state index contributed by atoms with van der Waals surface area (Å²) < 4.78 is 1.22. The lowest BCUT2D eigenvalue weighted by atomic mass is 10.1. The highest BCUT2D eigenvalue weighted by atomic mass is 79.9. The molecule has 1 saturated heterocycles. The molecule has 1 N–H and O–H groups in total. The molecule has 2 unspecified atom stereocenters. The van der Waals surface area contributed by atoms with Crippen molar-refractivity contribution in [1.82, 2.24) is 5.32 Å². The van der Waals surface area contributed by atoms with Crippen molar-refractivity contribution in [2.75, 3.05) is 12.3 Å². The van der Waals surface area contributed by atoms with Crippen molar-refractivity contribution in [3.63, 3.8) is 0 Å². The van der Waals surface area contributed by atoms with Crippen LogP contribution in [0.25, 0.3) is 0 Å². The first-order chi connectivity index (χ1) is 7.27. The molecular formula is C12H16BrNS. The van der Waals surface area contributed by atoms with Crippen LogP contribution in [0.4, 0.5) is 0 Å². The smallest absolute Gasteiger partial charge is 0.0423 e. The minimum Gasteiger partial charge on any atom is -0.309 e. The normalized spacial score (nSPS) is 27.3. The van der Waals surface area contributed by atoms with Gasteiger partial charge in [-0.15, -0.1) is 0 Å². The zero-order chi connectivity index (χ0) is 10.7. The van der Waals surface area contributed by atoms with E-state index in [2.05, 4.69) is 64.2 Å². The van der Waals surface area contributed by atoms with Gasteiger partial charge in [-0.25, -0.2) is 0 Å². The minimum absolute atomic E-state index is 0.496. The molecule has 0 radical (unpaired) electrons. The van der Waals surface area contributed by atoms with Gasteiger partial charge in [0.05, 0.1) is 0 Å². The lowest BCUT2D eigenvalue weighted by Crippen LogP contribution is -2.22. The SMILES string of the molecule is CC1CCNC(c2ccccc2Br)CS1. The van der Waals surface area contributed by atoms with Crippen molar-refractivity contribution >= 4 is 27.7 Å². The van der Waals surface area contributed by atoms with Crippen LogP contribution < -0.4 is 5.32 Å². The molecule has 1 nitrogen and oxygen atoms in total. The lowest BCUT2D eigenvalue weighted by Gasteiger charge is -2.17. The van der Waals surface area contributed by atoms with E-state index in [4.69, 9.17) is 0 Å². The number of thioether (sulfide) groups is 1. The maximum Gasteiger partial charge on any atom is 0.0423 e. The van der Waals surface area contributed by atoms with Gasteiger partial charge in [-0.1, -0.05) is 41.1 Å². The third kappa shape index (κ3) is 2.99. The minimum atomic E-state index is 0.496. The van der Waals surface area contributed by atoms with E-state index >= 15 is 0 Å². The predicted molar refractivity (Wildman–Crippen MR) is 71.4 cm³/mol. The van der Waals surface area contributed by atoms with Gasteiger partial charge in [0.25, 0.3) is 0 Å². The second-order valence-corrected chi connectivity index (χ2v) is 6.29. The van der Waals surface area contributed by atoms with Crippen molar-refractivity contribution < 1.29 is 0 Å². The number of rotatable bonds is 1. The number of hydrogen-bond acceptors (Lipinski definition) is 2. The van der Waals surface area contributed by atoms with E-state index in [0.29, 0.717) is 6.04 Å². The van der Waals surface area contributed by atoms with Gasteiger partial charge in [0.1, 0.15) is 0 Å². The van der Waals surface area contributed by atoms with Crippen LogP contribution in [0, 0.1) is 0 Å². The van der Waals surface area contributed by atoms with Gasteiger partial charge < -0.3 is 5.32 Å². The molecule has 0 aliphatic carbocycles. The molecule has 15 heavy (non-hydrogen) atoms. The Morgan fingerprint density at radius 3 is 3.00 bits per heavy atom. The maximum absolute atomic E-state index is 3.62. The van der Waals surface area contributed by atoms with Crippen LogP contribution in [-0.4, -0.2) is 17.5 Å². The molecule has 1 aromatic rings. The molecular weight excluding hydrogens is 270 g/mol. The standard InChI is InChI=1S/C12H16BrNS/c1-9-6-7-14-12(8-15-9)10-4-2-3-5-11(10)13/h2-5,9,12,14H,6-8H2,1H3. The molecule has 1 fully saturated rings. The first-order valence-corrected chi connectivity index (χ1v) is 7.21. The Bertz CT molecular complexity index is 329. The summed E-state index contributed by atoms with van der Waals surface area (Å²) in [6.45, 7) is 3.44. The fraction of sp³-hybridized carbons (Fsp3) is 0.500. The Morgan fingerprint density at radius 1 is 1.40 bits per heavy atom. The quantitative estimate of drug-likeness (QED) is 0.846. The Kier molecular flexibility index (Phi) is 4.12. The van der Waals surface area contributed by atoms with Crippen LogP contribution >= 0.6 is 27.7 Å². The monoisotopic (exact) mass is 285 g/mol. The lowest BCUT2D eigenvalue weighted by molar-refractivity contribution is 0.577. The number of halogens is 1. The van der Waals surface area contributed by atoms with Crippen LogP contribution in [0.1, 0.15) is 24.9 Å². The van der Waals surface area contributed by atoms with E-state index in [1.54, 1.807) is 0 Å². The largest absolute Gasteiger partial charge is 0.309 e. The van der Waals surface area contributed by atoms with Crippen LogP contribution in [0.5, 0.6) is 0 Å². The fourth-order valence-corrected chi connectivity index (χ4v) is 3.49. The fourth-order valence-electron chi connectivity index (χ4n) is 1.82. The van der Waals surface area contributed by atoms with E-state index in [-0.39, 0.29) is 0 Å². The van der Waals surface area contributed by atoms with E-state index < -0.39 is 0 Å². The Labute approximate surface area is 104 Å². The van der Waals surface area contributed by atoms with Crippen LogP contribution in [0.15, 0.2) is 28.7 Å². The molecule has 82 valence electrons. The first kappa shape index (κ1) is 11.5. The van der Waals surface area contributed by atoms with Crippen molar-refractivity contribution in [2.24, 2.45) is 0 Å². The highest BCUT2D eigenvalue weighted by molar-refractivity contribution is 9.10. The topological polar surface area (TPSA) is 12.0 Å². The molecule has 0 saturated carbocycles. The molecule has 0 amide bonds. The highest BCUT2D eigenvalue weighted by Crippen LogP contribution is 2.29. The van der Waals surface area contributed by atoms with Crippen LogP contribution in [-0.2, 0) is 0 Å². The van der Waals surface area contributed by atoms with Crippen LogP contribution in [0.3, 0.4) is 0 Å². The summed E-state index contributed by atoms with van der Waals surface area (Å²) >= 11 is 5.69. The summed E-state index contributed by atoms with van der Waals surface area (Å²) in [6.07, 6.45) is 1.27. The molecule has 3 heteroatoms. The summed E-state index contributed by atoms with van der Waals surface area (Å²) in [4.78, 5) is 0. The molecule has 0 aromatic heterocycles. The van der Waals surface area contributed by atoms with Crippen molar-refractivity contribution in [3.8, 4) is 0 Å². The zero-order valence-corrected chi connectivity index (χ0v) is 11.3. The average molecular weight is 286 g/mol. The number of benzene rings is 1. The Morgan fingerprint density at radius 2 is 2.20 bits per heavy atom. The van der Waals surface area contributed by atoms with E-state index in [1.807, 2.05) is 0 Å². The molecule has 1 heterocycles. The van der Waals surface area contributed by atoms with Crippen molar-refractivity contribution in [3.05, 3.63) is 34.3 Å². The summed E-state index contributed by atoms with van der Waals surface area (Å²) in [7, 11) is 0. The zero-order valence-electron chi connectivity index (χ0n) is 8.87. The van der Waals surface area contributed by atoms with Crippen molar-refractivity contribution in [1.29, 1.82) is 0 Å². The van der Waals surface area contributed by atoms with Gasteiger partial charge in [0.2, 0.25) is 0 Å². The third-order valence-corrected chi connectivity index (χ3v) is 4.82. The molecule has 0 spiro atoms. The number of hydrogen-bond donors (Lipinski definition) is 1. The molecule has 1 aromatic carbocycles. The first-order valence-electron chi connectivity index (χ1n) is 5.37. The summed E-state index contributed by atoms with van der Waals surface area (Å²) in [6, 6.07) is 9.00. The van der Waals surface area contributed by atoms with Crippen molar-refractivity contribution in [2.45, 2.75) is 24.6 Å². The van der Waals surface area contributed by atoms with Gasteiger partial charge in [0, 0.05) is 21.5 Å². The molecule has 1 aliphatic heterocycles. The Balaban J connectivity index is 2.13. The molecule has 2 rings (SSSR count). The van der Waals surface area contributed by atoms with E-state index in [9.17, 15) is 0 Å². The molecule has 1 aliphatic rings. The van der Waals surface area contributed by atoms with Crippen LogP contribution in [0.2, 0.25) is 0 Å². The second kappa shape index (κ2) is 5.37. The van der Waals surface area contributed by atoms with Gasteiger partial charge >= 0.3 is 0 Å². The summed E-state index contributed by atoms with van der Waals surface area (Å²) in [5.74, 6) is 1.17. The van der Waals surface area contributed by atoms with E-state index in [0.717, 1.165) is 11.8 Å². The van der Waals surface area contributed by atoms with Gasteiger partial charge in [-0.2, -0.15) is 11.8 Å².